The third-order valence-electron chi connectivity index (χ3n) is 2.20. The van der Waals surface area contributed by atoms with Crippen LogP contribution in [0.2, 0.25) is 0 Å². The standard InChI is InChI=1S/C11H7BrF3NO2/c1-18-9-3-2-6(8(17)4-12)7(5-16)10(9)11(13,14)15/h2-3H,4H2,1H3. The van der Waals surface area contributed by atoms with Crippen LogP contribution in [0.1, 0.15) is 21.5 Å². The van der Waals surface area contributed by atoms with Gasteiger partial charge in [0.2, 0.25) is 0 Å². The average Bonchev–Trinajstić information content (AvgIpc) is 2.34. The number of hydrogen-bond acceptors (Lipinski definition) is 3. The molecule has 0 saturated heterocycles. The number of carbonyl (C=O) groups is 1. The number of rotatable bonds is 3. The van der Waals surface area contributed by atoms with Crippen LogP contribution >= 0.6 is 15.9 Å². The topological polar surface area (TPSA) is 50.1 Å². The Bertz CT molecular complexity index is 520. The number of halogens is 4. The summed E-state index contributed by atoms with van der Waals surface area (Å²) in [6, 6.07) is 3.60. The first kappa shape index (κ1) is 14.5. The molecule has 0 aliphatic carbocycles. The second-order valence-electron chi connectivity index (χ2n) is 3.23. The first-order valence-corrected chi connectivity index (χ1v) is 5.76. The van der Waals surface area contributed by atoms with E-state index in [1.165, 1.54) is 6.07 Å². The largest absolute Gasteiger partial charge is 0.496 e. The van der Waals surface area contributed by atoms with Crippen molar-refractivity contribution >= 4 is 21.7 Å². The number of Topliss-reactive ketones (excluding diaryl/α,β-unsaturated/α-hetero) is 1. The van der Waals surface area contributed by atoms with Gasteiger partial charge in [-0.05, 0) is 12.1 Å². The van der Waals surface area contributed by atoms with E-state index in [1.807, 2.05) is 0 Å². The summed E-state index contributed by atoms with van der Waals surface area (Å²) in [6.07, 6.45) is -4.76. The quantitative estimate of drug-likeness (QED) is 0.634. The van der Waals surface area contributed by atoms with Crippen LogP contribution in [0.5, 0.6) is 5.75 Å². The molecule has 0 aliphatic heterocycles. The SMILES string of the molecule is COc1ccc(C(=O)CBr)c(C#N)c1C(F)(F)F. The van der Waals surface area contributed by atoms with Gasteiger partial charge < -0.3 is 4.74 Å². The molecule has 7 heteroatoms. The van der Waals surface area contributed by atoms with Gasteiger partial charge >= 0.3 is 6.18 Å². The summed E-state index contributed by atoms with van der Waals surface area (Å²) in [6.45, 7) is 0. The second kappa shape index (κ2) is 5.40. The molecule has 0 saturated carbocycles. The van der Waals surface area contributed by atoms with Crippen molar-refractivity contribution in [1.82, 2.24) is 0 Å². The minimum Gasteiger partial charge on any atom is -0.496 e. The summed E-state index contributed by atoms with van der Waals surface area (Å²) >= 11 is 2.85. The molecule has 1 aromatic carbocycles. The van der Waals surface area contributed by atoms with Gasteiger partial charge in [0, 0.05) is 5.56 Å². The molecule has 0 atom stereocenters. The third-order valence-corrected chi connectivity index (χ3v) is 2.71. The van der Waals surface area contributed by atoms with Crippen molar-refractivity contribution in [3.63, 3.8) is 0 Å². The molecule has 1 aromatic rings. The predicted molar refractivity (Wildman–Crippen MR) is 60.8 cm³/mol. The van der Waals surface area contributed by atoms with Gasteiger partial charge in [0.15, 0.2) is 5.78 Å². The zero-order chi connectivity index (χ0) is 13.9. The van der Waals surface area contributed by atoms with Crippen molar-refractivity contribution in [3.05, 3.63) is 28.8 Å². The van der Waals surface area contributed by atoms with Crippen LogP contribution in [0.4, 0.5) is 13.2 Å². The Labute approximate surface area is 109 Å². The molecule has 0 N–H and O–H groups in total. The van der Waals surface area contributed by atoms with Gasteiger partial charge in [0.05, 0.1) is 18.0 Å². The Kier molecular flexibility index (Phi) is 4.35. The zero-order valence-electron chi connectivity index (χ0n) is 9.14. The molecular formula is C11H7BrF3NO2. The molecule has 0 aromatic heterocycles. The Balaban J connectivity index is 3.65. The van der Waals surface area contributed by atoms with Crippen LogP contribution in [-0.2, 0) is 6.18 Å². The fourth-order valence-electron chi connectivity index (χ4n) is 1.46. The van der Waals surface area contributed by atoms with E-state index in [0.29, 0.717) is 0 Å². The lowest BCUT2D eigenvalue weighted by Crippen LogP contribution is -2.14. The van der Waals surface area contributed by atoms with E-state index in [2.05, 4.69) is 20.7 Å². The molecular weight excluding hydrogens is 315 g/mol. The summed E-state index contributed by atoms with van der Waals surface area (Å²) in [5.41, 5.74) is -2.21. The van der Waals surface area contributed by atoms with E-state index >= 15 is 0 Å². The number of hydrogen-bond donors (Lipinski definition) is 0. The summed E-state index contributed by atoms with van der Waals surface area (Å²) in [5.74, 6) is -1.08. The number of carbonyl (C=O) groups excluding carboxylic acids is 1. The molecule has 0 radical (unpaired) electrons. The minimum atomic E-state index is -4.76. The van der Waals surface area contributed by atoms with Crippen molar-refractivity contribution in [3.8, 4) is 11.8 Å². The highest BCUT2D eigenvalue weighted by molar-refractivity contribution is 9.09. The van der Waals surface area contributed by atoms with Gasteiger partial charge in [0.1, 0.15) is 17.4 Å². The summed E-state index contributed by atoms with van der Waals surface area (Å²) in [7, 11) is 1.07. The number of benzene rings is 1. The summed E-state index contributed by atoms with van der Waals surface area (Å²) in [5, 5.41) is 8.69. The molecule has 0 bridgehead atoms. The average molecular weight is 322 g/mol. The first-order valence-electron chi connectivity index (χ1n) is 4.64. The van der Waals surface area contributed by atoms with Crippen LogP contribution in [0, 0.1) is 11.3 Å². The van der Waals surface area contributed by atoms with E-state index < -0.39 is 28.8 Å². The Morgan fingerprint density at radius 3 is 2.50 bits per heavy atom. The molecule has 0 amide bonds. The van der Waals surface area contributed by atoms with Gasteiger partial charge in [0.25, 0.3) is 0 Å². The van der Waals surface area contributed by atoms with Gasteiger partial charge in [-0.1, -0.05) is 15.9 Å². The highest BCUT2D eigenvalue weighted by Gasteiger charge is 2.39. The number of methoxy groups -OCH3 is 1. The molecule has 0 fully saturated rings. The molecule has 96 valence electrons. The maximum atomic E-state index is 12.9. The number of ether oxygens (including phenoxy) is 1. The van der Waals surface area contributed by atoms with Gasteiger partial charge in [-0.2, -0.15) is 18.4 Å². The second-order valence-corrected chi connectivity index (χ2v) is 3.79. The summed E-state index contributed by atoms with van der Waals surface area (Å²) in [4.78, 5) is 11.5. The number of nitriles is 1. The van der Waals surface area contributed by atoms with E-state index in [4.69, 9.17) is 5.26 Å². The van der Waals surface area contributed by atoms with Gasteiger partial charge in [-0.3, -0.25) is 4.79 Å². The van der Waals surface area contributed by atoms with Crippen molar-refractivity contribution < 1.29 is 22.7 Å². The zero-order valence-corrected chi connectivity index (χ0v) is 10.7. The minimum absolute atomic E-state index is 0.161. The normalized spacial score (nSPS) is 10.9. The lowest BCUT2D eigenvalue weighted by atomic mass is 9.98. The van der Waals surface area contributed by atoms with Crippen molar-refractivity contribution in [1.29, 1.82) is 5.26 Å². The van der Waals surface area contributed by atoms with Crippen LogP contribution in [-0.4, -0.2) is 18.2 Å². The lowest BCUT2D eigenvalue weighted by Gasteiger charge is -2.15. The number of nitrogens with zero attached hydrogens (tertiary/aromatic N) is 1. The molecule has 3 nitrogen and oxygen atoms in total. The van der Waals surface area contributed by atoms with E-state index in [1.54, 1.807) is 0 Å². The van der Waals surface area contributed by atoms with E-state index in [-0.39, 0.29) is 10.9 Å². The van der Waals surface area contributed by atoms with E-state index in [9.17, 15) is 18.0 Å². The molecule has 0 aliphatic rings. The van der Waals surface area contributed by atoms with Crippen molar-refractivity contribution in [2.75, 3.05) is 12.4 Å². The molecule has 1 rings (SSSR count). The smallest absolute Gasteiger partial charge is 0.421 e. The third kappa shape index (κ3) is 2.64. The van der Waals surface area contributed by atoms with Crippen molar-refractivity contribution in [2.45, 2.75) is 6.18 Å². The van der Waals surface area contributed by atoms with Crippen LogP contribution < -0.4 is 4.74 Å². The number of alkyl halides is 4. The van der Waals surface area contributed by atoms with Crippen molar-refractivity contribution in [2.24, 2.45) is 0 Å². The molecule has 18 heavy (non-hydrogen) atoms. The highest BCUT2D eigenvalue weighted by atomic mass is 79.9. The maximum absolute atomic E-state index is 12.9. The van der Waals surface area contributed by atoms with Gasteiger partial charge in [-0.15, -0.1) is 0 Å². The first-order chi connectivity index (χ1) is 8.36. The molecule has 0 spiro atoms. The molecule has 0 unspecified atom stereocenters. The highest BCUT2D eigenvalue weighted by Crippen LogP contribution is 2.39. The van der Waals surface area contributed by atoms with E-state index in [0.717, 1.165) is 19.2 Å². The molecule has 0 heterocycles. The Morgan fingerprint density at radius 2 is 2.11 bits per heavy atom. The Morgan fingerprint density at radius 1 is 1.50 bits per heavy atom. The fraction of sp³-hybridized carbons (Fsp3) is 0.273. The number of ketones is 1. The summed E-state index contributed by atoms with van der Waals surface area (Å²) < 4.78 is 43.2. The predicted octanol–water partition coefficient (Wildman–Crippen LogP) is 3.16. The maximum Gasteiger partial charge on any atom is 0.421 e. The monoisotopic (exact) mass is 321 g/mol. The van der Waals surface area contributed by atoms with Crippen LogP contribution in [0.25, 0.3) is 0 Å². The lowest BCUT2D eigenvalue weighted by molar-refractivity contribution is -0.139. The Hall–Kier alpha value is -1.55. The van der Waals surface area contributed by atoms with Crippen LogP contribution in [0.15, 0.2) is 12.1 Å². The fourth-order valence-corrected chi connectivity index (χ4v) is 1.76. The van der Waals surface area contributed by atoms with Crippen LogP contribution in [0.3, 0.4) is 0 Å². The van der Waals surface area contributed by atoms with Gasteiger partial charge in [-0.25, -0.2) is 0 Å².